The van der Waals surface area contributed by atoms with E-state index in [-0.39, 0.29) is 25.4 Å². The summed E-state index contributed by atoms with van der Waals surface area (Å²) in [6.45, 7) is 0.753. The first-order valence-corrected chi connectivity index (χ1v) is 8.89. The number of likely N-dealkylation sites (tertiary alicyclic amines) is 1. The van der Waals surface area contributed by atoms with Crippen molar-refractivity contribution in [2.24, 2.45) is 5.92 Å². The van der Waals surface area contributed by atoms with E-state index in [1.54, 1.807) is 24.1 Å². The number of para-hydroxylation sites is 1. The molecule has 2 aromatic rings. The molecule has 3 rings (SSSR count). The van der Waals surface area contributed by atoms with Gasteiger partial charge in [-0.05, 0) is 23.8 Å². The number of ether oxygens (including phenoxy) is 2. The number of carboxylic acid groups (broad SMARTS) is 1. The van der Waals surface area contributed by atoms with Crippen LogP contribution in [0.2, 0.25) is 5.02 Å². The van der Waals surface area contributed by atoms with Gasteiger partial charge in [0.1, 0.15) is 6.61 Å². The second kappa shape index (κ2) is 8.31. The van der Waals surface area contributed by atoms with Crippen LogP contribution >= 0.6 is 11.6 Å². The van der Waals surface area contributed by atoms with Gasteiger partial charge in [0.05, 0.1) is 13.0 Å². The van der Waals surface area contributed by atoms with Crippen LogP contribution in [0.25, 0.3) is 0 Å². The van der Waals surface area contributed by atoms with Gasteiger partial charge in [-0.25, -0.2) is 0 Å². The third kappa shape index (κ3) is 4.52. The molecule has 1 amide bonds. The SMILES string of the molecule is COc1cccc(CN2CC(C(=O)O)CC2=O)c1OCc1cccc(Cl)c1. The molecule has 0 bridgehead atoms. The first-order valence-electron chi connectivity index (χ1n) is 8.51. The van der Waals surface area contributed by atoms with Crippen molar-refractivity contribution < 1.29 is 24.2 Å². The fraction of sp³-hybridized carbons (Fsp3) is 0.300. The molecular formula is C20H20ClNO5. The van der Waals surface area contributed by atoms with Gasteiger partial charge in [0, 0.05) is 30.1 Å². The second-order valence-electron chi connectivity index (χ2n) is 6.38. The lowest BCUT2D eigenvalue weighted by Crippen LogP contribution is -2.26. The summed E-state index contributed by atoms with van der Waals surface area (Å²) in [5.74, 6) is -0.707. The minimum Gasteiger partial charge on any atom is -0.493 e. The van der Waals surface area contributed by atoms with Crippen molar-refractivity contribution in [1.29, 1.82) is 0 Å². The molecule has 142 valence electrons. The van der Waals surface area contributed by atoms with Crippen molar-refractivity contribution in [2.45, 2.75) is 19.6 Å². The summed E-state index contributed by atoms with van der Waals surface area (Å²) in [6, 6.07) is 12.8. The standard InChI is InChI=1S/C20H20ClNO5/c1-26-17-7-3-5-14(10-22-11-15(20(24)25)9-18(22)23)19(17)27-12-13-4-2-6-16(21)8-13/h2-8,15H,9-12H2,1H3,(H,24,25). The largest absolute Gasteiger partial charge is 0.493 e. The van der Waals surface area contributed by atoms with Gasteiger partial charge in [0.25, 0.3) is 0 Å². The highest BCUT2D eigenvalue weighted by Gasteiger charge is 2.34. The van der Waals surface area contributed by atoms with Gasteiger partial charge in [0.2, 0.25) is 5.91 Å². The Morgan fingerprint density at radius 2 is 2.07 bits per heavy atom. The van der Waals surface area contributed by atoms with Gasteiger partial charge in [-0.15, -0.1) is 0 Å². The topological polar surface area (TPSA) is 76.1 Å². The number of hydrogen-bond donors (Lipinski definition) is 1. The Labute approximate surface area is 162 Å². The zero-order valence-electron chi connectivity index (χ0n) is 14.9. The quantitative estimate of drug-likeness (QED) is 0.785. The first kappa shape index (κ1) is 19.0. The molecule has 1 aliphatic heterocycles. The van der Waals surface area contributed by atoms with Crippen molar-refractivity contribution >= 4 is 23.5 Å². The van der Waals surface area contributed by atoms with Gasteiger partial charge >= 0.3 is 5.97 Å². The summed E-state index contributed by atoms with van der Waals surface area (Å²) in [5.41, 5.74) is 1.67. The average Bonchev–Trinajstić information content (AvgIpc) is 3.01. The highest BCUT2D eigenvalue weighted by Crippen LogP contribution is 2.34. The van der Waals surface area contributed by atoms with E-state index in [0.717, 1.165) is 11.1 Å². The van der Waals surface area contributed by atoms with Gasteiger partial charge in [0.15, 0.2) is 11.5 Å². The van der Waals surface area contributed by atoms with Crippen LogP contribution < -0.4 is 9.47 Å². The minimum absolute atomic E-state index is 0.0258. The number of rotatable bonds is 7. The number of methoxy groups -OCH3 is 1. The Hall–Kier alpha value is -2.73. The van der Waals surface area contributed by atoms with E-state index in [9.17, 15) is 9.59 Å². The molecule has 0 spiro atoms. The normalized spacial score (nSPS) is 16.4. The summed E-state index contributed by atoms with van der Waals surface area (Å²) in [7, 11) is 1.55. The van der Waals surface area contributed by atoms with E-state index >= 15 is 0 Å². The molecule has 1 aliphatic rings. The van der Waals surface area contributed by atoms with E-state index in [2.05, 4.69) is 0 Å². The average molecular weight is 390 g/mol. The summed E-state index contributed by atoms with van der Waals surface area (Å²) < 4.78 is 11.4. The fourth-order valence-electron chi connectivity index (χ4n) is 3.09. The summed E-state index contributed by atoms with van der Waals surface area (Å²) in [5, 5.41) is 9.77. The van der Waals surface area contributed by atoms with Gasteiger partial charge in [-0.1, -0.05) is 35.9 Å². The molecule has 27 heavy (non-hydrogen) atoms. The van der Waals surface area contributed by atoms with Crippen LogP contribution in [0.1, 0.15) is 17.5 Å². The number of nitrogens with zero attached hydrogens (tertiary/aromatic N) is 1. The molecule has 1 saturated heterocycles. The molecule has 0 radical (unpaired) electrons. The van der Waals surface area contributed by atoms with Crippen molar-refractivity contribution in [1.82, 2.24) is 4.90 Å². The van der Waals surface area contributed by atoms with Crippen LogP contribution in [0, 0.1) is 5.92 Å². The molecule has 1 atom stereocenters. The third-order valence-corrected chi connectivity index (χ3v) is 4.71. The van der Waals surface area contributed by atoms with Crippen molar-refractivity contribution in [3.8, 4) is 11.5 Å². The zero-order chi connectivity index (χ0) is 19.4. The summed E-state index contributed by atoms with van der Waals surface area (Å²) >= 11 is 6.01. The van der Waals surface area contributed by atoms with E-state index in [4.69, 9.17) is 26.2 Å². The molecule has 0 aromatic heterocycles. The molecule has 1 unspecified atom stereocenters. The molecule has 1 N–H and O–H groups in total. The Balaban J connectivity index is 1.79. The van der Waals surface area contributed by atoms with Crippen LogP contribution in [0.5, 0.6) is 11.5 Å². The molecule has 0 aliphatic carbocycles. The maximum atomic E-state index is 12.2. The van der Waals surface area contributed by atoms with Crippen LogP contribution in [0.3, 0.4) is 0 Å². The molecule has 6 nitrogen and oxygen atoms in total. The van der Waals surface area contributed by atoms with Gasteiger partial charge in [-0.2, -0.15) is 0 Å². The lowest BCUT2D eigenvalue weighted by molar-refractivity contribution is -0.141. The predicted molar refractivity (Wildman–Crippen MR) is 99.9 cm³/mol. The lowest BCUT2D eigenvalue weighted by atomic mass is 10.1. The zero-order valence-corrected chi connectivity index (χ0v) is 15.6. The van der Waals surface area contributed by atoms with E-state index in [1.807, 2.05) is 30.3 Å². The van der Waals surface area contributed by atoms with Crippen molar-refractivity contribution in [3.63, 3.8) is 0 Å². The summed E-state index contributed by atoms with van der Waals surface area (Å²) in [6.07, 6.45) is 0.0258. The number of carboxylic acids is 1. The number of carbonyl (C=O) groups is 2. The number of halogens is 1. The number of benzene rings is 2. The van der Waals surface area contributed by atoms with E-state index < -0.39 is 11.9 Å². The second-order valence-corrected chi connectivity index (χ2v) is 6.82. The molecule has 0 saturated carbocycles. The maximum Gasteiger partial charge on any atom is 0.308 e. The number of amides is 1. The summed E-state index contributed by atoms with van der Waals surface area (Å²) in [4.78, 5) is 24.9. The lowest BCUT2D eigenvalue weighted by Gasteiger charge is -2.20. The van der Waals surface area contributed by atoms with Crippen LogP contribution in [0.15, 0.2) is 42.5 Å². The Morgan fingerprint density at radius 3 is 2.74 bits per heavy atom. The van der Waals surface area contributed by atoms with E-state index in [1.165, 1.54) is 0 Å². The Morgan fingerprint density at radius 1 is 1.30 bits per heavy atom. The number of hydrogen-bond acceptors (Lipinski definition) is 4. The first-order chi connectivity index (χ1) is 13.0. The molecule has 7 heteroatoms. The predicted octanol–water partition coefficient (Wildman–Crippen LogP) is 3.36. The molecule has 2 aromatic carbocycles. The highest BCUT2D eigenvalue weighted by molar-refractivity contribution is 6.30. The maximum absolute atomic E-state index is 12.2. The molecule has 1 fully saturated rings. The molecule has 1 heterocycles. The Kier molecular flexibility index (Phi) is 5.86. The van der Waals surface area contributed by atoms with Crippen molar-refractivity contribution in [3.05, 3.63) is 58.6 Å². The third-order valence-electron chi connectivity index (χ3n) is 4.48. The van der Waals surface area contributed by atoms with Gasteiger partial charge < -0.3 is 19.5 Å². The van der Waals surface area contributed by atoms with Gasteiger partial charge in [-0.3, -0.25) is 9.59 Å². The Bertz CT molecular complexity index is 854. The molecular weight excluding hydrogens is 370 g/mol. The van der Waals surface area contributed by atoms with Crippen LogP contribution in [-0.4, -0.2) is 35.5 Å². The fourth-order valence-corrected chi connectivity index (χ4v) is 3.30. The van der Waals surface area contributed by atoms with Crippen LogP contribution in [-0.2, 0) is 22.7 Å². The highest BCUT2D eigenvalue weighted by atomic mass is 35.5. The minimum atomic E-state index is -0.950. The smallest absolute Gasteiger partial charge is 0.308 e. The van der Waals surface area contributed by atoms with Crippen molar-refractivity contribution in [2.75, 3.05) is 13.7 Å². The number of carbonyl (C=O) groups excluding carboxylic acids is 1. The van der Waals surface area contributed by atoms with Crippen LogP contribution in [0.4, 0.5) is 0 Å². The number of aliphatic carboxylic acids is 1. The van der Waals surface area contributed by atoms with E-state index in [0.29, 0.717) is 23.1 Å². The monoisotopic (exact) mass is 389 g/mol.